The molecule has 118 valence electrons. The van der Waals surface area contributed by atoms with Gasteiger partial charge in [0, 0.05) is 5.92 Å². The van der Waals surface area contributed by atoms with Crippen LogP contribution in [0.1, 0.15) is 60.3 Å². The number of Topliss-reactive ketones (excluding diaryl/α,β-unsaturated/α-hetero) is 2. The first-order chi connectivity index (χ1) is 9.20. The summed E-state index contributed by atoms with van der Waals surface area (Å²) >= 11 is 0. The number of carbonyl (C=O) groups excluding carboxylic acids is 2. The van der Waals surface area contributed by atoms with Crippen LogP contribution in [0.4, 0.5) is 0 Å². The minimum absolute atomic E-state index is 0.0185. The maximum Gasteiger partial charge on any atom is 0.152 e. The van der Waals surface area contributed by atoms with Gasteiger partial charge >= 0.3 is 0 Å². The Morgan fingerprint density at radius 2 is 1.60 bits per heavy atom. The van der Waals surface area contributed by atoms with Gasteiger partial charge in [-0.25, -0.2) is 0 Å². The minimum atomic E-state index is -0.377. The van der Waals surface area contributed by atoms with Crippen molar-refractivity contribution in [1.82, 2.24) is 0 Å². The van der Waals surface area contributed by atoms with E-state index in [4.69, 9.17) is 11.5 Å². The number of hydrogen-bond donors (Lipinski definition) is 2. The standard InChI is InChI=1S/C16H32N2O2/c1-6-11(3)15(18)16(20)12(4)8-7-10(2)9-14(17)13(5)19/h10-12,14-15H,6-9,17-18H2,1-5H3/t10?,11?,12?,14-,15-/m0/s1. The van der Waals surface area contributed by atoms with Crippen LogP contribution in [0.15, 0.2) is 0 Å². The zero-order valence-corrected chi connectivity index (χ0v) is 13.7. The Hall–Kier alpha value is -0.740. The molecule has 0 aliphatic carbocycles. The van der Waals surface area contributed by atoms with E-state index in [1.165, 1.54) is 6.92 Å². The lowest BCUT2D eigenvalue weighted by atomic mass is 9.85. The van der Waals surface area contributed by atoms with E-state index in [0.29, 0.717) is 12.3 Å². The summed E-state index contributed by atoms with van der Waals surface area (Å²) in [6.45, 7) is 9.61. The first kappa shape index (κ1) is 19.3. The smallest absolute Gasteiger partial charge is 0.152 e. The Labute approximate surface area is 123 Å². The number of nitrogens with two attached hydrogens (primary N) is 2. The lowest BCUT2D eigenvalue weighted by Gasteiger charge is -2.22. The first-order valence-corrected chi connectivity index (χ1v) is 7.75. The molecule has 0 heterocycles. The number of hydrogen-bond acceptors (Lipinski definition) is 4. The molecule has 0 bridgehead atoms. The second kappa shape index (κ2) is 9.24. The molecule has 5 atom stereocenters. The number of carbonyl (C=O) groups is 2. The maximum atomic E-state index is 12.2. The largest absolute Gasteiger partial charge is 0.322 e. The molecule has 0 saturated heterocycles. The predicted octanol–water partition coefficient (Wildman–Crippen LogP) is 2.29. The summed E-state index contributed by atoms with van der Waals surface area (Å²) in [5, 5.41) is 0. The van der Waals surface area contributed by atoms with Crippen molar-refractivity contribution in [3.8, 4) is 0 Å². The predicted molar refractivity (Wildman–Crippen MR) is 83.3 cm³/mol. The van der Waals surface area contributed by atoms with Gasteiger partial charge < -0.3 is 11.5 Å². The Kier molecular flexibility index (Phi) is 8.90. The highest BCUT2D eigenvalue weighted by Gasteiger charge is 2.24. The highest BCUT2D eigenvalue weighted by molar-refractivity contribution is 5.86. The molecule has 4 N–H and O–H groups in total. The fourth-order valence-corrected chi connectivity index (χ4v) is 2.26. The summed E-state index contributed by atoms with van der Waals surface area (Å²) in [5.41, 5.74) is 11.7. The Bertz CT molecular complexity index is 318. The average Bonchev–Trinajstić information content (AvgIpc) is 2.41. The fourth-order valence-electron chi connectivity index (χ4n) is 2.26. The molecule has 0 rings (SSSR count). The highest BCUT2D eigenvalue weighted by Crippen LogP contribution is 2.20. The molecule has 0 fully saturated rings. The molecule has 0 aliphatic heterocycles. The van der Waals surface area contributed by atoms with Crippen molar-refractivity contribution in [3.63, 3.8) is 0 Å². The van der Waals surface area contributed by atoms with Crippen LogP contribution in [0.3, 0.4) is 0 Å². The Balaban J connectivity index is 4.18. The summed E-state index contributed by atoms with van der Waals surface area (Å²) in [4.78, 5) is 23.3. The normalized spacial score (nSPS) is 18.9. The Morgan fingerprint density at radius 3 is 2.05 bits per heavy atom. The third kappa shape index (κ3) is 6.62. The zero-order chi connectivity index (χ0) is 15.9. The SMILES string of the molecule is CCC(C)[C@H](N)C(=O)C(C)CCC(C)C[C@H](N)C(C)=O. The quantitative estimate of drug-likeness (QED) is 0.644. The van der Waals surface area contributed by atoms with Gasteiger partial charge in [0.1, 0.15) is 5.78 Å². The van der Waals surface area contributed by atoms with E-state index >= 15 is 0 Å². The van der Waals surface area contributed by atoms with Crippen molar-refractivity contribution >= 4 is 11.6 Å². The van der Waals surface area contributed by atoms with Crippen LogP contribution in [0.2, 0.25) is 0 Å². The van der Waals surface area contributed by atoms with Gasteiger partial charge in [-0.15, -0.1) is 0 Å². The average molecular weight is 284 g/mol. The molecular formula is C16H32N2O2. The van der Waals surface area contributed by atoms with E-state index in [-0.39, 0.29) is 35.5 Å². The van der Waals surface area contributed by atoms with Gasteiger partial charge in [-0.3, -0.25) is 9.59 Å². The van der Waals surface area contributed by atoms with Crippen LogP contribution >= 0.6 is 0 Å². The second-order valence-electron chi connectivity index (χ2n) is 6.35. The lowest BCUT2D eigenvalue weighted by Crippen LogP contribution is -2.40. The van der Waals surface area contributed by atoms with E-state index in [1.54, 1.807) is 0 Å². The monoisotopic (exact) mass is 284 g/mol. The topological polar surface area (TPSA) is 86.2 Å². The van der Waals surface area contributed by atoms with Crippen LogP contribution in [0.5, 0.6) is 0 Å². The van der Waals surface area contributed by atoms with E-state index in [9.17, 15) is 9.59 Å². The molecule has 0 aromatic carbocycles. The van der Waals surface area contributed by atoms with Crippen molar-refractivity contribution in [1.29, 1.82) is 0 Å². The van der Waals surface area contributed by atoms with E-state index < -0.39 is 0 Å². The second-order valence-corrected chi connectivity index (χ2v) is 6.35. The zero-order valence-electron chi connectivity index (χ0n) is 13.7. The third-order valence-corrected chi connectivity index (χ3v) is 4.34. The fraction of sp³-hybridized carbons (Fsp3) is 0.875. The molecule has 0 radical (unpaired) electrons. The molecule has 0 amide bonds. The summed E-state index contributed by atoms with van der Waals surface area (Å²) in [7, 11) is 0. The maximum absolute atomic E-state index is 12.2. The van der Waals surface area contributed by atoms with Gasteiger partial charge in [0.15, 0.2) is 5.78 Å². The third-order valence-electron chi connectivity index (χ3n) is 4.34. The van der Waals surface area contributed by atoms with Gasteiger partial charge in [-0.1, -0.05) is 34.1 Å². The van der Waals surface area contributed by atoms with E-state index in [0.717, 1.165) is 19.3 Å². The van der Waals surface area contributed by atoms with Crippen molar-refractivity contribution in [2.24, 2.45) is 29.2 Å². The molecule has 0 aliphatic rings. The summed E-state index contributed by atoms with van der Waals surface area (Å²) in [6, 6.07) is -0.733. The van der Waals surface area contributed by atoms with Crippen molar-refractivity contribution < 1.29 is 9.59 Å². The van der Waals surface area contributed by atoms with Gasteiger partial charge in [-0.05, 0) is 38.0 Å². The molecule has 0 aromatic rings. The van der Waals surface area contributed by atoms with Crippen LogP contribution < -0.4 is 11.5 Å². The lowest BCUT2D eigenvalue weighted by molar-refractivity contribution is -0.125. The molecule has 0 aromatic heterocycles. The van der Waals surface area contributed by atoms with Crippen molar-refractivity contribution in [2.45, 2.75) is 72.4 Å². The number of rotatable bonds is 10. The van der Waals surface area contributed by atoms with Gasteiger partial charge in [0.25, 0.3) is 0 Å². The number of ketones is 2. The summed E-state index contributed by atoms with van der Waals surface area (Å²) in [6.07, 6.45) is 3.33. The highest BCUT2D eigenvalue weighted by atomic mass is 16.1. The molecule has 4 heteroatoms. The van der Waals surface area contributed by atoms with Gasteiger partial charge in [0.05, 0.1) is 12.1 Å². The van der Waals surface area contributed by atoms with Gasteiger partial charge in [-0.2, -0.15) is 0 Å². The molecule has 4 nitrogen and oxygen atoms in total. The first-order valence-electron chi connectivity index (χ1n) is 7.75. The van der Waals surface area contributed by atoms with E-state index in [1.807, 2.05) is 20.8 Å². The summed E-state index contributed by atoms with van der Waals surface area (Å²) < 4.78 is 0. The molecule has 3 unspecified atom stereocenters. The van der Waals surface area contributed by atoms with Crippen LogP contribution in [-0.4, -0.2) is 23.7 Å². The van der Waals surface area contributed by atoms with Crippen LogP contribution in [0, 0.1) is 17.8 Å². The Morgan fingerprint density at radius 1 is 1.05 bits per heavy atom. The molecular weight excluding hydrogens is 252 g/mol. The molecule has 0 saturated carbocycles. The van der Waals surface area contributed by atoms with Crippen LogP contribution in [0.25, 0.3) is 0 Å². The van der Waals surface area contributed by atoms with E-state index in [2.05, 4.69) is 6.92 Å². The summed E-state index contributed by atoms with van der Waals surface area (Å²) in [5.74, 6) is 0.745. The van der Waals surface area contributed by atoms with Gasteiger partial charge in [0.2, 0.25) is 0 Å². The molecule has 0 spiro atoms. The van der Waals surface area contributed by atoms with Crippen LogP contribution in [-0.2, 0) is 9.59 Å². The van der Waals surface area contributed by atoms with Crippen molar-refractivity contribution in [2.75, 3.05) is 0 Å². The minimum Gasteiger partial charge on any atom is -0.322 e. The van der Waals surface area contributed by atoms with Crippen molar-refractivity contribution in [3.05, 3.63) is 0 Å². The molecule has 20 heavy (non-hydrogen) atoms.